The van der Waals surface area contributed by atoms with E-state index in [9.17, 15) is 9.18 Å². The average Bonchev–Trinajstić information content (AvgIpc) is 3.35. The number of halogens is 1. The Morgan fingerprint density at radius 2 is 2.04 bits per heavy atom. The molecule has 1 atom stereocenters. The van der Waals surface area contributed by atoms with Gasteiger partial charge in [-0.05, 0) is 55.2 Å². The van der Waals surface area contributed by atoms with Crippen molar-refractivity contribution >= 4 is 5.91 Å². The first-order valence-electron chi connectivity index (χ1n) is 7.97. The molecule has 5 heteroatoms. The summed E-state index contributed by atoms with van der Waals surface area (Å²) in [4.78, 5) is 12.4. The van der Waals surface area contributed by atoms with Crippen molar-refractivity contribution in [1.82, 2.24) is 5.32 Å². The van der Waals surface area contributed by atoms with Gasteiger partial charge in [-0.15, -0.1) is 0 Å². The lowest BCUT2D eigenvalue weighted by atomic mass is 10.0. The van der Waals surface area contributed by atoms with Crippen molar-refractivity contribution in [2.75, 3.05) is 0 Å². The van der Waals surface area contributed by atoms with Crippen LogP contribution < -0.4 is 10.1 Å². The maximum atomic E-state index is 13.4. The fourth-order valence-corrected chi connectivity index (χ4v) is 2.71. The van der Waals surface area contributed by atoms with Gasteiger partial charge in [0.15, 0.2) is 6.10 Å². The Hall–Kier alpha value is -2.40. The lowest BCUT2D eigenvalue weighted by Crippen LogP contribution is -2.42. The molecule has 4 nitrogen and oxygen atoms in total. The van der Waals surface area contributed by atoms with Crippen LogP contribution in [0.25, 0.3) is 0 Å². The summed E-state index contributed by atoms with van der Waals surface area (Å²) in [6.45, 7) is 1.59. The van der Waals surface area contributed by atoms with Crippen LogP contribution >= 0.6 is 0 Å². The molecule has 0 bridgehead atoms. The number of benzene rings is 2. The van der Waals surface area contributed by atoms with E-state index in [0.717, 1.165) is 24.0 Å². The number of nitrogens with one attached hydrogen (secondary N) is 1. The second kappa shape index (κ2) is 6.61. The Labute approximate surface area is 140 Å². The number of carbonyl (C=O) groups is 1. The van der Waals surface area contributed by atoms with Crippen molar-refractivity contribution in [1.29, 1.82) is 0 Å². The van der Waals surface area contributed by atoms with Crippen LogP contribution in [-0.4, -0.2) is 17.1 Å². The zero-order chi connectivity index (χ0) is 17.2. The highest BCUT2D eigenvalue weighted by Crippen LogP contribution is 2.45. The van der Waals surface area contributed by atoms with Crippen molar-refractivity contribution in [2.45, 2.75) is 38.0 Å². The molecule has 3 rings (SSSR count). The Balaban J connectivity index is 1.66. The number of amides is 1. The van der Waals surface area contributed by atoms with Gasteiger partial charge in [0.1, 0.15) is 11.6 Å². The Kier molecular flexibility index (Phi) is 4.53. The lowest BCUT2D eigenvalue weighted by molar-refractivity contribution is -0.128. The first-order valence-corrected chi connectivity index (χ1v) is 7.97. The first-order chi connectivity index (χ1) is 11.5. The van der Waals surface area contributed by atoms with Crippen LogP contribution in [0.5, 0.6) is 5.75 Å². The molecule has 0 aliphatic heterocycles. The third-order valence-corrected chi connectivity index (χ3v) is 4.25. The normalized spacial score (nSPS) is 16.3. The number of hydrogen-bond donors (Lipinski definition) is 2. The van der Waals surface area contributed by atoms with Gasteiger partial charge in [0, 0.05) is 0 Å². The molecule has 1 aliphatic carbocycles. The minimum atomic E-state index is -0.690. The lowest BCUT2D eigenvalue weighted by Gasteiger charge is -2.21. The number of hydrogen-bond acceptors (Lipinski definition) is 3. The van der Waals surface area contributed by atoms with Crippen LogP contribution in [0.15, 0.2) is 48.5 Å². The van der Waals surface area contributed by atoms with Crippen LogP contribution in [0.2, 0.25) is 0 Å². The molecule has 1 fully saturated rings. The van der Waals surface area contributed by atoms with Gasteiger partial charge in [-0.2, -0.15) is 0 Å². The second-order valence-electron chi connectivity index (χ2n) is 6.15. The minimum absolute atomic E-state index is 0.0829. The van der Waals surface area contributed by atoms with E-state index in [4.69, 9.17) is 9.84 Å². The van der Waals surface area contributed by atoms with Gasteiger partial charge in [0.25, 0.3) is 5.91 Å². The Bertz CT molecular complexity index is 743. The summed E-state index contributed by atoms with van der Waals surface area (Å²) in [7, 11) is 0. The molecule has 1 saturated carbocycles. The average molecular weight is 329 g/mol. The molecule has 0 heterocycles. The number of aliphatic hydroxyl groups is 1. The van der Waals surface area contributed by atoms with Crippen LogP contribution in [0.4, 0.5) is 4.39 Å². The zero-order valence-corrected chi connectivity index (χ0v) is 13.5. The monoisotopic (exact) mass is 329 g/mol. The van der Waals surface area contributed by atoms with Crippen LogP contribution in [0.3, 0.4) is 0 Å². The predicted molar refractivity (Wildman–Crippen MR) is 87.9 cm³/mol. The number of ether oxygens (including phenoxy) is 1. The topological polar surface area (TPSA) is 58.6 Å². The number of rotatable bonds is 6. The standard InChI is InChI=1S/C19H20FNO3/c1-13(24-17-7-2-4-14(10-17)12-22)18(23)21-19(8-9-19)15-5-3-6-16(20)11-15/h2-7,10-11,13,22H,8-9,12H2,1H3,(H,21,23). The first kappa shape index (κ1) is 16.5. The Morgan fingerprint density at radius 3 is 2.71 bits per heavy atom. The third kappa shape index (κ3) is 3.57. The van der Waals surface area contributed by atoms with E-state index in [1.165, 1.54) is 12.1 Å². The molecule has 2 aromatic rings. The molecule has 1 amide bonds. The van der Waals surface area contributed by atoms with Gasteiger partial charge >= 0.3 is 0 Å². The van der Waals surface area contributed by atoms with Gasteiger partial charge in [-0.25, -0.2) is 4.39 Å². The van der Waals surface area contributed by atoms with Crippen LogP contribution in [0.1, 0.15) is 30.9 Å². The quantitative estimate of drug-likeness (QED) is 0.857. The molecule has 24 heavy (non-hydrogen) atoms. The Morgan fingerprint density at radius 1 is 1.29 bits per heavy atom. The summed E-state index contributed by atoms with van der Waals surface area (Å²) in [5.41, 5.74) is 1.02. The maximum Gasteiger partial charge on any atom is 0.261 e. The second-order valence-corrected chi connectivity index (χ2v) is 6.15. The largest absolute Gasteiger partial charge is 0.481 e. The molecule has 1 aliphatic rings. The maximum absolute atomic E-state index is 13.4. The number of aliphatic hydroxyl groups excluding tert-OH is 1. The van der Waals surface area contributed by atoms with Crippen molar-refractivity contribution in [3.8, 4) is 5.75 Å². The van der Waals surface area contributed by atoms with Gasteiger partial charge in [0.2, 0.25) is 0 Å². The van der Waals surface area contributed by atoms with E-state index >= 15 is 0 Å². The van der Waals surface area contributed by atoms with Gasteiger partial charge in [-0.3, -0.25) is 4.79 Å². The smallest absolute Gasteiger partial charge is 0.261 e. The van der Waals surface area contributed by atoms with Crippen LogP contribution in [-0.2, 0) is 16.9 Å². The summed E-state index contributed by atoms with van der Waals surface area (Å²) < 4.78 is 19.1. The summed E-state index contributed by atoms with van der Waals surface area (Å²) in [6, 6.07) is 13.3. The van der Waals surface area contributed by atoms with Crippen molar-refractivity contribution in [3.63, 3.8) is 0 Å². The van der Waals surface area contributed by atoms with Gasteiger partial charge in [-0.1, -0.05) is 24.3 Å². The van der Waals surface area contributed by atoms with E-state index in [1.807, 2.05) is 6.07 Å². The van der Waals surface area contributed by atoms with Crippen LogP contribution in [0, 0.1) is 5.82 Å². The molecule has 0 spiro atoms. The van der Waals surface area contributed by atoms with Gasteiger partial charge < -0.3 is 15.2 Å². The highest BCUT2D eigenvalue weighted by atomic mass is 19.1. The molecule has 126 valence electrons. The molecular formula is C19H20FNO3. The fourth-order valence-electron chi connectivity index (χ4n) is 2.71. The van der Waals surface area contributed by atoms with E-state index in [-0.39, 0.29) is 18.3 Å². The predicted octanol–water partition coefficient (Wildman–Crippen LogP) is 2.89. The van der Waals surface area contributed by atoms with Crippen molar-refractivity contribution in [2.24, 2.45) is 0 Å². The summed E-state index contributed by atoms with van der Waals surface area (Å²) >= 11 is 0. The van der Waals surface area contributed by atoms with E-state index in [2.05, 4.69) is 5.32 Å². The molecule has 0 radical (unpaired) electrons. The van der Waals surface area contributed by atoms with E-state index < -0.39 is 11.6 Å². The summed E-state index contributed by atoms with van der Waals surface area (Å²) in [5.74, 6) is -0.0240. The number of carbonyl (C=O) groups excluding carboxylic acids is 1. The third-order valence-electron chi connectivity index (χ3n) is 4.25. The highest BCUT2D eigenvalue weighted by molar-refractivity contribution is 5.82. The molecule has 2 aromatic carbocycles. The molecular weight excluding hydrogens is 309 g/mol. The molecule has 2 N–H and O–H groups in total. The van der Waals surface area contributed by atoms with E-state index in [1.54, 1.807) is 37.3 Å². The van der Waals surface area contributed by atoms with Crippen molar-refractivity contribution in [3.05, 3.63) is 65.5 Å². The summed E-state index contributed by atoms with van der Waals surface area (Å²) in [6.07, 6.45) is 0.883. The molecule has 0 aromatic heterocycles. The summed E-state index contributed by atoms with van der Waals surface area (Å²) in [5, 5.41) is 12.1. The van der Waals surface area contributed by atoms with E-state index in [0.29, 0.717) is 5.75 Å². The molecule has 0 saturated heterocycles. The SMILES string of the molecule is CC(Oc1cccc(CO)c1)C(=O)NC1(c2cccc(F)c2)CC1. The highest BCUT2D eigenvalue weighted by Gasteiger charge is 2.46. The zero-order valence-electron chi connectivity index (χ0n) is 13.5. The van der Waals surface area contributed by atoms with Gasteiger partial charge in [0.05, 0.1) is 12.1 Å². The minimum Gasteiger partial charge on any atom is -0.481 e. The molecule has 1 unspecified atom stereocenters. The van der Waals surface area contributed by atoms with Crippen molar-refractivity contribution < 1.29 is 19.0 Å². The fraction of sp³-hybridized carbons (Fsp3) is 0.316.